The number of hydrogen-bond acceptors (Lipinski definition) is 2. The van der Waals surface area contributed by atoms with Gasteiger partial charge in [0.15, 0.2) is 0 Å². The van der Waals surface area contributed by atoms with Gasteiger partial charge in [0.1, 0.15) is 6.61 Å². The van der Waals surface area contributed by atoms with E-state index in [4.69, 9.17) is 0 Å². The number of carbonyl (C=O) groups is 1. The third-order valence-corrected chi connectivity index (χ3v) is 5.66. The van der Waals surface area contributed by atoms with Crippen LogP contribution in [0.3, 0.4) is 0 Å². The van der Waals surface area contributed by atoms with Crippen LogP contribution in [0.1, 0.15) is 10.4 Å². The van der Waals surface area contributed by atoms with Crippen LogP contribution in [-0.4, -0.2) is 60.2 Å². The Morgan fingerprint density at radius 2 is 1.03 bits per heavy atom. The molecule has 0 amide bonds. The number of esters is 1. The summed E-state index contributed by atoms with van der Waals surface area (Å²) in [4.78, 5) is 11.8. The molecular formula is C18H7BrF17IO2. The first kappa shape index (κ1) is 35.5. The second-order valence-corrected chi connectivity index (χ2v) is 9.54. The molecule has 1 aromatic carbocycles. The van der Waals surface area contributed by atoms with Crippen LogP contribution in [0.2, 0.25) is 0 Å². The number of rotatable bonds is 10. The predicted octanol–water partition coefficient (Wildman–Crippen LogP) is 8.93. The first-order valence-electron chi connectivity index (χ1n) is 9.04. The lowest BCUT2D eigenvalue weighted by Gasteiger charge is -2.42. The Bertz CT molecular complexity index is 1080. The Hall–Kier alpha value is -1.55. The summed E-state index contributed by atoms with van der Waals surface area (Å²) >= 11 is 3.57. The van der Waals surface area contributed by atoms with Crippen molar-refractivity contribution in [3.8, 4) is 0 Å². The Morgan fingerprint density at radius 3 is 1.41 bits per heavy atom. The quantitative estimate of drug-likeness (QED) is 0.135. The first-order chi connectivity index (χ1) is 17.0. The van der Waals surface area contributed by atoms with E-state index in [2.05, 4.69) is 20.7 Å². The topological polar surface area (TPSA) is 26.3 Å². The number of alkyl halides is 17. The van der Waals surface area contributed by atoms with E-state index in [1.54, 1.807) is 0 Å². The molecule has 0 atom stereocenters. The minimum Gasteiger partial charge on any atom is -0.457 e. The Kier molecular flexibility index (Phi) is 9.73. The highest BCUT2D eigenvalue weighted by Gasteiger charge is 2.95. The molecular weight excluding hydrogens is 778 g/mol. The molecule has 0 spiro atoms. The van der Waals surface area contributed by atoms with Gasteiger partial charge in [-0.25, -0.2) is 4.79 Å². The van der Waals surface area contributed by atoms with Gasteiger partial charge in [0, 0.05) is 14.1 Å². The summed E-state index contributed by atoms with van der Waals surface area (Å²) in [6.07, 6.45) is -9.16. The summed E-state index contributed by atoms with van der Waals surface area (Å²) < 4.78 is 229. The molecule has 0 aliphatic heterocycles. The highest BCUT2D eigenvalue weighted by molar-refractivity contribution is 14.1. The normalized spacial score (nSPS) is 15.4. The molecule has 0 fully saturated rings. The van der Waals surface area contributed by atoms with Gasteiger partial charge in [-0.2, -0.15) is 74.6 Å². The molecule has 0 saturated carbocycles. The molecule has 0 aliphatic carbocycles. The minimum absolute atomic E-state index is 0.288. The maximum absolute atomic E-state index is 13.9. The number of carbonyl (C=O) groups excluding carboxylic acids is 1. The van der Waals surface area contributed by atoms with Crippen LogP contribution in [0, 0.1) is 0 Å². The Morgan fingerprint density at radius 1 is 0.667 bits per heavy atom. The van der Waals surface area contributed by atoms with Crippen LogP contribution in [-0.2, 0) is 4.74 Å². The number of ether oxygens (including phenoxy) is 1. The molecule has 0 bridgehead atoms. The first-order valence-corrected chi connectivity index (χ1v) is 10.9. The highest BCUT2D eigenvalue weighted by Crippen LogP contribution is 2.64. The Balaban J connectivity index is 3.39. The molecule has 1 aromatic rings. The maximum atomic E-state index is 13.9. The van der Waals surface area contributed by atoms with E-state index in [0.29, 0.717) is 27.1 Å². The van der Waals surface area contributed by atoms with Crippen molar-refractivity contribution < 1.29 is 84.2 Å². The molecule has 0 unspecified atom stereocenters. The molecule has 0 aliphatic rings. The van der Waals surface area contributed by atoms with E-state index >= 15 is 0 Å². The maximum Gasteiger partial charge on any atom is 0.460 e. The van der Waals surface area contributed by atoms with Crippen LogP contribution in [0.25, 0.3) is 0 Å². The van der Waals surface area contributed by atoms with Gasteiger partial charge in [-0.3, -0.25) is 0 Å². The average molecular weight is 785 g/mol. The fraction of sp³-hybridized carbons (Fsp3) is 0.500. The van der Waals surface area contributed by atoms with Gasteiger partial charge in [0.25, 0.3) is 0 Å². The molecule has 21 heteroatoms. The highest BCUT2D eigenvalue weighted by atomic mass is 127. The Labute approximate surface area is 226 Å². The fourth-order valence-corrected chi connectivity index (χ4v) is 3.12. The van der Waals surface area contributed by atoms with Crippen molar-refractivity contribution in [3.05, 3.63) is 44.0 Å². The third kappa shape index (κ3) is 5.92. The fourth-order valence-electron chi connectivity index (χ4n) is 2.31. The molecule has 0 aromatic heterocycles. The van der Waals surface area contributed by atoms with Crippen molar-refractivity contribution in [1.29, 1.82) is 0 Å². The van der Waals surface area contributed by atoms with Gasteiger partial charge in [-0.05, 0) is 46.9 Å². The van der Waals surface area contributed by atoms with E-state index in [1.165, 1.54) is 12.1 Å². The lowest BCUT2D eigenvalue weighted by Crippen LogP contribution is -2.74. The molecule has 1 rings (SSSR count). The smallest absolute Gasteiger partial charge is 0.457 e. The van der Waals surface area contributed by atoms with Gasteiger partial charge in [0.05, 0.1) is 5.56 Å². The van der Waals surface area contributed by atoms with E-state index in [9.17, 15) is 79.4 Å². The molecule has 0 radical (unpaired) electrons. The SMILES string of the molecule is O=C(OCC(I)=CC(F)(F)C(F)(F)C(F)(F)C(F)(F)C(F)(F)C(F)(F)C(F)(F)C(F)(F)F)c1ccc(Br)cc1. The summed E-state index contributed by atoms with van der Waals surface area (Å²) in [5.74, 6) is -58.4. The monoisotopic (exact) mass is 784 g/mol. The third-order valence-electron chi connectivity index (χ3n) is 4.51. The molecule has 0 N–H and O–H groups in total. The van der Waals surface area contributed by atoms with Gasteiger partial charge in [-0.15, -0.1) is 0 Å². The van der Waals surface area contributed by atoms with Crippen molar-refractivity contribution >= 4 is 44.5 Å². The minimum atomic E-state index is -8.70. The van der Waals surface area contributed by atoms with Crippen molar-refractivity contribution in [1.82, 2.24) is 0 Å². The largest absolute Gasteiger partial charge is 0.460 e. The standard InChI is InChI=1S/C18H7BrF17IO2/c19-8-3-1-7(2-4-8)10(38)39-6-9(37)5-11(20,21)12(22,23)13(24,25)14(26,27)15(28,29)16(30,31)17(32,33)18(34,35)36/h1-5H,6H2. The average Bonchev–Trinajstić information content (AvgIpc) is 2.76. The molecule has 224 valence electrons. The van der Waals surface area contributed by atoms with E-state index in [-0.39, 0.29) is 5.56 Å². The molecule has 0 heterocycles. The van der Waals surface area contributed by atoms with Gasteiger partial charge in [0.2, 0.25) is 0 Å². The van der Waals surface area contributed by atoms with Crippen LogP contribution in [0.5, 0.6) is 0 Å². The summed E-state index contributed by atoms with van der Waals surface area (Å²) in [5.41, 5.74) is -0.288. The lowest BCUT2D eigenvalue weighted by atomic mass is 9.89. The predicted molar refractivity (Wildman–Crippen MR) is 107 cm³/mol. The van der Waals surface area contributed by atoms with Crippen molar-refractivity contribution in [2.75, 3.05) is 6.61 Å². The van der Waals surface area contributed by atoms with E-state index in [1.807, 2.05) is 0 Å². The summed E-state index contributed by atoms with van der Waals surface area (Å²) in [6, 6.07) is 4.68. The number of hydrogen-bond donors (Lipinski definition) is 0. The van der Waals surface area contributed by atoms with E-state index < -0.39 is 69.9 Å². The summed E-state index contributed by atoms with van der Waals surface area (Å²) in [5, 5.41) is 0. The summed E-state index contributed by atoms with van der Waals surface area (Å²) in [7, 11) is 0. The van der Waals surface area contributed by atoms with Crippen LogP contribution < -0.4 is 0 Å². The number of halogens is 19. The second kappa shape index (κ2) is 10.7. The van der Waals surface area contributed by atoms with Gasteiger partial charge < -0.3 is 4.74 Å². The van der Waals surface area contributed by atoms with E-state index in [0.717, 1.165) is 12.1 Å². The van der Waals surface area contributed by atoms with Crippen molar-refractivity contribution in [3.63, 3.8) is 0 Å². The van der Waals surface area contributed by atoms with Crippen LogP contribution in [0.15, 0.2) is 38.4 Å². The zero-order valence-electron chi connectivity index (χ0n) is 17.6. The second-order valence-electron chi connectivity index (χ2n) is 7.24. The molecule has 2 nitrogen and oxygen atoms in total. The molecule has 39 heavy (non-hydrogen) atoms. The van der Waals surface area contributed by atoms with Crippen LogP contribution in [0.4, 0.5) is 74.6 Å². The molecule has 0 saturated heterocycles. The van der Waals surface area contributed by atoms with Crippen molar-refractivity contribution in [2.45, 2.75) is 47.6 Å². The number of benzene rings is 1. The number of allylic oxidation sites excluding steroid dienone is 1. The van der Waals surface area contributed by atoms with Crippen molar-refractivity contribution in [2.24, 2.45) is 0 Å². The summed E-state index contributed by atoms with van der Waals surface area (Å²) in [6.45, 7) is -1.46. The zero-order valence-corrected chi connectivity index (χ0v) is 21.3. The zero-order chi connectivity index (χ0) is 31.3. The van der Waals surface area contributed by atoms with Gasteiger partial charge in [-0.1, -0.05) is 15.9 Å². The lowest BCUT2D eigenvalue weighted by molar-refractivity contribution is -0.459. The van der Waals surface area contributed by atoms with Crippen LogP contribution >= 0.6 is 38.5 Å². The van der Waals surface area contributed by atoms with Gasteiger partial charge >= 0.3 is 53.6 Å².